The number of fused-ring (bicyclic) bond motifs is 1. The van der Waals surface area contributed by atoms with Crippen molar-refractivity contribution < 1.29 is 38.0 Å². The predicted octanol–water partition coefficient (Wildman–Crippen LogP) is 1.65. The number of benzene rings is 1. The average molecular weight is 404 g/mol. The maximum absolute atomic E-state index is 12.7. The van der Waals surface area contributed by atoms with Gasteiger partial charge in [0.05, 0.1) is 12.2 Å². The summed E-state index contributed by atoms with van der Waals surface area (Å²) in [5, 5.41) is 0. The molecule has 0 aromatic heterocycles. The van der Waals surface area contributed by atoms with Gasteiger partial charge in [-0.15, -0.1) is 0 Å². The minimum Gasteiger partial charge on any atom is -0.424 e. The van der Waals surface area contributed by atoms with Crippen LogP contribution in [-0.2, 0) is 33.2 Å². The molecule has 0 N–H and O–H groups in total. The van der Waals surface area contributed by atoms with Gasteiger partial charge in [0.1, 0.15) is 18.3 Å². The van der Waals surface area contributed by atoms with E-state index in [1.165, 1.54) is 0 Å². The lowest BCUT2D eigenvalue weighted by atomic mass is 10.1. The molecule has 156 valence electrons. The molecule has 0 radical (unpaired) electrons. The molecule has 0 aliphatic carbocycles. The normalized spacial score (nSPS) is 34.4. The van der Waals surface area contributed by atoms with Gasteiger partial charge in [-0.1, -0.05) is 18.2 Å². The molecule has 0 amide bonds. The minimum atomic E-state index is -1.05. The molecule has 3 saturated heterocycles. The Labute approximate surface area is 168 Å². The van der Waals surface area contributed by atoms with Gasteiger partial charge in [-0.2, -0.15) is 4.79 Å². The molecule has 3 aliphatic heterocycles. The molecule has 0 spiro atoms. The zero-order valence-electron chi connectivity index (χ0n) is 16.7. The Morgan fingerprint density at radius 3 is 2.34 bits per heavy atom. The van der Waals surface area contributed by atoms with Gasteiger partial charge in [0.15, 0.2) is 17.7 Å². The number of rotatable bonds is 4. The fraction of sp³-hybridized carbons (Fsp3) is 0.600. The van der Waals surface area contributed by atoms with Gasteiger partial charge >= 0.3 is 11.7 Å². The Hall–Kier alpha value is -2.13. The van der Waals surface area contributed by atoms with Crippen LogP contribution >= 0.6 is 0 Å². The minimum absolute atomic E-state index is 0.228. The van der Waals surface area contributed by atoms with Gasteiger partial charge < -0.3 is 34.0 Å². The molecule has 1 aromatic rings. The highest BCUT2D eigenvalue weighted by Crippen LogP contribution is 2.42. The molecule has 0 unspecified atom stereocenters. The standard InChI is InChI=1S/C20H24N2O7/c1-19(2)24-10-12(27-19)14-15-16(29-20(3,4)28-15)18(25-14)26-17(23)13(22-21)11-8-6-5-7-9-11/h5-9,12,14-16,18H,10H2,1-4H3/t12-,14-,15+,16+,18-/m1/s1. The lowest BCUT2D eigenvalue weighted by molar-refractivity contribution is -0.243. The largest absolute Gasteiger partial charge is 0.424 e. The van der Waals surface area contributed by atoms with Crippen molar-refractivity contribution in [2.45, 2.75) is 70.0 Å². The molecular weight excluding hydrogens is 380 g/mol. The highest BCUT2D eigenvalue weighted by molar-refractivity contribution is 6.40. The third-order valence-corrected chi connectivity index (χ3v) is 5.01. The Kier molecular flexibility index (Phi) is 5.06. The molecular formula is C20H24N2O7. The molecule has 3 aliphatic rings. The highest BCUT2D eigenvalue weighted by atomic mass is 16.8. The van der Waals surface area contributed by atoms with E-state index in [2.05, 4.69) is 4.79 Å². The number of ether oxygens (including phenoxy) is 6. The van der Waals surface area contributed by atoms with Crippen molar-refractivity contribution in [3.05, 3.63) is 41.4 Å². The van der Waals surface area contributed by atoms with E-state index in [1.807, 2.05) is 13.8 Å². The second kappa shape index (κ2) is 7.28. The Bertz CT molecular complexity index is 834. The van der Waals surface area contributed by atoms with Crippen molar-refractivity contribution in [3.8, 4) is 0 Å². The van der Waals surface area contributed by atoms with Crippen molar-refractivity contribution >= 4 is 11.7 Å². The van der Waals surface area contributed by atoms with E-state index in [-0.39, 0.29) is 5.71 Å². The summed E-state index contributed by atoms with van der Waals surface area (Å²) in [6, 6.07) is 8.52. The van der Waals surface area contributed by atoms with Gasteiger partial charge in [0.2, 0.25) is 6.29 Å². The first-order chi connectivity index (χ1) is 13.7. The maximum atomic E-state index is 12.7. The Morgan fingerprint density at radius 2 is 1.72 bits per heavy atom. The van der Waals surface area contributed by atoms with Gasteiger partial charge in [0, 0.05) is 0 Å². The van der Waals surface area contributed by atoms with Crippen LogP contribution in [-0.4, -0.2) is 65.4 Å². The third-order valence-electron chi connectivity index (χ3n) is 5.01. The molecule has 9 nitrogen and oxygen atoms in total. The monoisotopic (exact) mass is 404 g/mol. The summed E-state index contributed by atoms with van der Waals surface area (Å²) in [6.07, 6.45) is -3.16. The van der Waals surface area contributed by atoms with E-state index in [1.54, 1.807) is 44.2 Å². The van der Waals surface area contributed by atoms with E-state index < -0.39 is 48.2 Å². The first-order valence-corrected chi connectivity index (χ1v) is 9.50. The smallest absolute Gasteiger partial charge is 0.424 e. The van der Waals surface area contributed by atoms with Crippen LogP contribution in [0, 0.1) is 0 Å². The SMILES string of the molecule is CC1(C)O[C@@H]2[C@H](O1)[C@@H](OC(=O)C(=[N+]=[N-])c1ccccc1)O[C@@H]2[C@H]1COC(C)(C)O1. The van der Waals surface area contributed by atoms with Crippen LogP contribution in [0.25, 0.3) is 5.53 Å². The lowest BCUT2D eigenvalue weighted by Crippen LogP contribution is -2.40. The van der Waals surface area contributed by atoms with Crippen LogP contribution in [0.3, 0.4) is 0 Å². The quantitative estimate of drug-likeness (QED) is 0.325. The summed E-state index contributed by atoms with van der Waals surface area (Å²) in [5.74, 6) is -2.44. The Balaban J connectivity index is 1.53. The molecule has 3 fully saturated rings. The van der Waals surface area contributed by atoms with E-state index in [0.717, 1.165) is 0 Å². The topological polar surface area (TPSA) is 109 Å². The molecule has 3 heterocycles. The highest BCUT2D eigenvalue weighted by Gasteiger charge is 2.60. The van der Waals surface area contributed by atoms with Crippen molar-refractivity contribution in [2.75, 3.05) is 6.61 Å². The van der Waals surface area contributed by atoms with Crippen LogP contribution in [0.4, 0.5) is 0 Å². The summed E-state index contributed by atoms with van der Waals surface area (Å²) in [7, 11) is 0. The number of nitrogens with zero attached hydrogens (tertiary/aromatic N) is 2. The molecule has 0 saturated carbocycles. The van der Waals surface area contributed by atoms with Gasteiger partial charge in [0.25, 0.3) is 0 Å². The number of hydrogen-bond acceptors (Lipinski definition) is 7. The number of esters is 1. The fourth-order valence-electron chi connectivity index (χ4n) is 3.84. The number of carbonyl (C=O) groups is 1. The fourth-order valence-corrected chi connectivity index (χ4v) is 3.84. The van der Waals surface area contributed by atoms with Crippen LogP contribution in [0.5, 0.6) is 0 Å². The first kappa shape index (κ1) is 20.2. The van der Waals surface area contributed by atoms with Gasteiger partial charge in [-0.3, -0.25) is 0 Å². The van der Waals surface area contributed by atoms with Crippen molar-refractivity contribution in [3.63, 3.8) is 0 Å². The van der Waals surface area contributed by atoms with Crippen LogP contribution in [0.1, 0.15) is 33.3 Å². The zero-order valence-corrected chi connectivity index (χ0v) is 16.7. The summed E-state index contributed by atoms with van der Waals surface area (Å²) in [4.78, 5) is 15.8. The van der Waals surface area contributed by atoms with Crippen molar-refractivity contribution in [1.29, 1.82) is 0 Å². The van der Waals surface area contributed by atoms with Crippen molar-refractivity contribution in [2.24, 2.45) is 0 Å². The zero-order chi connectivity index (χ0) is 20.8. The van der Waals surface area contributed by atoms with E-state index in [9.17, 15) is 10.3 Å². The summed E-state index contributed by atoms with van der Waals surface area (Å²) >= 11 is 0. The lowest BCUT2D eigenvalue weighted by Gasteiger charge is -2.26. The Morgan fingerprint density at radius 1 is 1.03 bits per heavy atom. The van der Waals surface area contributed by atoms with Crippen molar-refractivity contribution in [1.82, 2.24) is 0 Å². The van der Waals surface area contributed by atoms with E-state index in [4.69, 9.17) is 28.4 Å². The van der Waals surface area contributed by atoms with E-state index in [0.29, 0.717) is 12.2 Å². The maximum Gasteiger partial charge on any atom is 0.424 e. The molecule has 29 heavy (non-hydrogen) atoms. The predicted molar refractivity (Wildman–Crippen MR) is 97.7 cm³/mol. The second-order valence-electron chi connectivity index (χ2n) is 8.12. The average Bonchev–Trinajstić information content (AvgIpc) is 3.27. The second-order valence-corrected chi connectivity index (χ2v) is 8.12. The van der Waals surface area contributed by atoms with Gasteiger partial charge in [-0.05, 0) is 39.8 Å². The third kappa shape index (κ3) is 3.98. The van der Waals surface area contributed by atoms with Crippen LogP contribution in [0.15, 0.2) is 30.3 Å². The number of hydrogen-bond donors (Lipinski definition) is 0. The molecule has 0 bridgehead atoms. The summed E-state index contributed by atoms with van der Waals surface area (Å²) in [5.41, 5.74) is 9.52. The van der Waals surface area contributed by atoms with E-state index >= 15 is 0 Å². The molecule has 4 rings (SSSR count). The first-order valence-electron chi connectivity index (χ1n) is 9.50. The number of carbonyl (C=O) groups excluding carboxylic acids is 1. The van der Waals surface area contributed by atoms with Crippen LogP contribution in [0.2, 0.25) is 0 Å². The molecule has 9 heteroatoms. The summed E-state index contributed by atoms with van der Waals surface area (Å²) < 4.78 is 34.9. The summed E-state index contributed by atoms with van der Waals surface area (Å²) in [6.45, 7) is 7.51. The van der Waals surface area contributed by atoms with Gasteiger partial charge in [-0.25, -0.2) is 4.79 Å². The van der Waals surface area contributed by atoms with Crippen LogP contribution < -0.4 is 0 Å². The molecule has 5 atom stereocenters. The molecule has 1 aromatic carbocycles.